The summed E-state index contributed by atoms with van der Waals surface area (Å²) in [4.78, 5) is 7.28. The Labute approximate surface area is 129 Å². The molecule has 3 nitrogen and oxygen atoms in total. The number of aliphatic imine (C=N–C) groups is 1. The lowest BCUT2D eigenvalue weighted by Crippen LogP contribution is -1.79. The fraction of sp³-hybridized carbons (Fsp3) is 0. The van der Waals surface area contributed by atoms with Crippen molar-refractivity contribution in [3.05, 3.63) is 57.5 Å². The molecule has 0 aliphatic carbocycles. The molecule has 0 atom stereocenters. The van der Waals surface area contributed by atoms with Gasteiger partial charge < -0.3 is 10.1 Å². The highest BCUT2D eigenvalue weighted by atomic mass is 79.9. The molecule has 1 aromatic heterocycles. The minimum atomic E-state index is 0.0815. The van der Waals surface area contributed by atoms with Crippen LogP contribution >= 0.6 is 27.5 Å². The topological polar surface area (TPSA) is 48.4 Å². The molecule has 0 aliphatic rings. The van der Waals surface area contributed by atoms with Gasteiger partial charge in [-0.3, -0.25) is 4.99 Å². The van der Waals surface area contributed by atoms with E-state index in [4.69, 9.17) is 11.6 Å². The molecule has 3 rings (SSSR count). The first-order chi connectivity index (χ1) is 9.65. The Balaban J connectivity index is 2.07. The first-order valence-corrected chi connectivity index (χ1v) is 7.11. The summed E-state index contributed by atoms with van der Waals surface area (Å²) >= 11 is 9.37. The number of aromatic hydroxyl groups is 1. The quantitative estimate of drug-likeness (QED) is 0.626. The van der Waals surface area contributed by atoms with Crippen LogP contribution in [0.4, 0.5) is 5.69 Å². The van der Waals surface area contributed by atoms with Crippen LogP contribution in [-0.2, 0) is 0 Å². The van der Waals surface area contributed by atoms with E-state index in [0.29, 0.717) is 10.6 Å². The SMILES string of the molecule is Oc1[nH]c2cc(Cl)ccc2c1C=Nc1ccccc1Br. The van der Waals surface area contributed by atoms with Crippen molar-refractivity contribution in [3.63, 3.8) is 0 Å². The minimum absolute atomic E-state index is 0.0815. The third-order valence-corrected chi connectivity index (χ3v) is 3.87. The van der Waals surface area contributed by atoms with E-state index in [-0.39, 0.29) is 5.88 Å². The summed E-state index contributed by atoms with van der Waals surface area (Å²) < 4.78 is 0.902. The number of aromatic nitrogens is 1. The van der Waals surface area contributed by atoms with E-state index < -0.39 is 0 Å². The van der Waals surface area contributed by atoms with E-state index in [2.05, 4.69) is 25.9 Å². The predicted molar refractivity (Wildman–Crippen MR) is 86.4 cm³/mol. The molecule has 100 valence electrons. The van der Waals surface area contributed by atoms with Gasteiger partial charge in [-0.1, -0.05) is 29.8 Å². The summed E-state index contributed by atoms with van der Waals surface area (Å²) in [5.41, 5.74) is 2.23. The second kappa shape index (κ2) is 5.31. The molecule has 0 radical (unpaired) electrons. The van der Waals surface area contributed by atoms with E-state index in [0.717, 1.165) is 21.1 Å². The molecular formula is C15H10BrClN2O. The van der Waals surface area contributed by atoms with Gasteiger partial charge in [0.25, 0.3) is 0 Å². The highest BCUT2D eigenvalue weighted by Crippen LogP contribution is 2.29. The minimum Gasteiger partial charge on any atom is -0.494 e. The Bertz CT molecular complexity index is 811. The van der Waals surface area contributed by atoms with Crippen molar-refractivity contribution in [2.75, 3.05) is 0 Å². The Morgan fingerprint density at radius 3 is 2.80 bits per heavy atom. The van der Waals surface area contributed by atoms with Crippen molar-refractivity contribution >= 4 is 50.3 Å². The average Bonchev–Trinajstić information content (AvgIpc) is 2.73. The maximum Gasteiger partial charge on any atom is 0.198 e. The van der Waals surface area contributed by atoms with Crippen LogP contribution in [0.3, 0.4) is 0 Å². The van der Waals surface area contributed by atoms with Crippen LogP contribution in [0.25, 0.3) is 10.9 Å². The van der Waals surface area contributed by atoms with E-state index in [1.54, 1.807) is 18.3 Å². The molecule has 2 aromatic carbocycles. The molecule has 0 fully saturated rings. The second-order valence-electron chi connectivity index (χ2n) is 4.29. The standard InChI is InChI=1S/C15H10BrClN2O/c16-12-3-1-2-4-13(12)18-8-11-10-6-5-9(17)7-14(10)19-15(11)20/h1-8,19-20H. The zero-order valence-corrected chi connectivity index (χ0v) is 12.6. The van der Waals surface area contributed by atoms with Crippen molar-refractivity contribution in [2.24, 2.45) is 4.99 Å². The number of halogens is 2. The molecule has 3 aromatic rings. The summed E-state index contributed by atoms with van der Waals surface area (Å²) in [5, 5.41) is 11.5. The zero-order valence-electron chi connectivity index (χ0n) is 10.3. The van der Waals surface area contributed by atoms with Crippen LogP contribution in [0.1, 0.15) is 5.56 Å². The molecule has 0 saturated carbocycles. The second-order valence-corrected chi connectivity index (χ2v) is 5.58. The molecule has 0 spiro atoms. The molecule has 0 amide bonds. The van der Waals surface area contributed by atoms with Gasteiger partial charge in [0.05, 0.1) is 16.8 Å². The fourth-order valence-corrected chi connectivity index (χ4v) is 2.56. The van der Waals surface area contributed by atoms with Crippen molar-refractivity contribution in [1.29, 1.82) is 0 Å². The highest BCUT2D eigenvalue weighted by Gasteiger charge is 2.09. The molecule has 20 heavy (non-hydrogen) atoms. The van der Waals surface area contributed by atoms with Gasteiger partial charge in [-0.05, 0) is 40.2 Å². The van der Waals surface area contributed by atoms with Crippen LogP contribution in [-0.4, -0.2) is 16.3 Å². The van der Waals surface area contributed by atoms with Crippen molar-refractivity contribution < 1.29 is 5.11 Å². The summed E-state index contributed by atoms with van der Waals surface area (Å²) in [6.45, 7) is 0. The van der Waals surface area contributed by atoms with E-state index in [1.807, 2.05) is 30.3 Å². The van der Waals surface area contributed by atoms with Gasteiger partial charge in [-0.25, -0.2) is 0 Å². The molecular weight excluding hydrogens is 340 g/mol. The maximum atomic E-state index is 9.97. The third kappa shape index (κ3) is 2.44. The van der Waals surface area contributed by atoms with Gasteiger partial charge >= 0.3 is 0 Å². The Morgan fingerprint density at radius 2 is 2.00 bits per heavy atom. The van der Waals surface area contributed by atoms with Gasteiger partial charge in [0.15, 0.2) is 5.88 Å². The smallest absolute Gasteiger partial charge is 0.198 e. The summed E-state index contributed by atoms with van der Waals surface area (Å²) in [6.07, 6.45) is 1.64. The number of hydrogen-bond donors (Lipinski definition) is 2. The number of H-pyrrole nitrogens is 1. The lowest BCUT2D eigenvalue weighted by molar-refractivity contribution is 0.457. The number of hydrogen-bond acceptors (Lipinski definition) is 2. The number of nitrogens with one attached hydrogen (secondary N) is 1. The van der Waals surface area contributed by atoms with E-state index >= 15 is 0 Å². The lowest BCUT2D eigenvalue weighted by Gasteiger charge is -1.97. The number of nitrogens with zero attached hydrogens (tertiary/aromatic N) is 1. The molecule has 0 saturated heterocycles. The van der Waals surface area contributed by atoms with Crippen LogP contribution in [0, 0.1) is 0 Å². The molecule has 2 N–H and O–H groups in total. The molecule has 0 bridgehead atoms. The maximum absolute atomic E-state index is 9.97. The summed E-state index contributed by atoms with van der Waals surface area (Å²) in [5.74, 6) is 0.0815. The number of para-hydroxylation sites is 1. The monoisotopic (exact) mass is 348 g/mol. The Kier molecular flexibility index (Phi) is 3.51. The number of rotatable bonds is 2. The lowest BCUT2D eigenvalue weighted by atomic mass is 10.2. The Hall–Kier alpha value is -1.78. The van der Waals surface area contributed by atoms with Crippen LogP contribution in [0.15, 0.2) is 51.9 Å². The molecule has 0 unspecified atom stereocenters. The number of aromatic amines is 1. The zero-order chi connectivity index (χ0) is 14.1. The fourth-order valence-electron chi connectivity index (χ4n) is 2.00. The first kappa shape index (κ1) is 13.2. The molecule has 0 aliphatic heterocycles. The van der Waals surface area contributed by atoms with Gasteiger partial charge in [0.2, 0.25) is 0 Å². The van der Waals surface area contributed by atoms with E-state index in [1.165, 1.54) is 0 Å². The highest BCUT2D eigenvalue weighted by molar-refractivity contribution is 9.10. The van der Waals surface area contributed by atoms with Gasteiger partial charge in [-0.15, -0.1) is 0 Å². The van der Waals surface area contributed by atoms with Crippen molar-refractivity contribution in [1.82, 2.24) is 4.98 Å². The van der Waals surface area contributed by atoms with Gasteiger partial charge in [-0.2, -0.15) is 0 Å². The first-order valence-electron chi connectivity index (χ1n) is 5.94. The van der Waals surface area contributed by atoms with Crippen LogP contribution in [0.2, 0.25) is 5.02 Å². The predicted octanol–water partition coefficient (Wildman–Crippen LogP) is 5.04. The summed E-state index contributed by atoms with van der Waals surface area (Å²) in [6, 6.07) is 13.1. The third-order valence-electron chi connectivity index (χ3n) is 2.97. The van der Waals surface area contributed by atoms with Crippen LogP contribution in [0.5, 0.6) is 5.88 Å². The van der Waals surface area contributed by atoms with Gasteiger partial charge in [0, 0.05) is 21.1 Å². The summed E-state index contributed by atoms with van der Waals surface area (Å²) in [7, 11) is 0. The number of fused-ring (bicyclic) bond motifs is 1. The normalized spacial score (nSPS) is 11.5. The van der Waals surface area contributed by atoms with Crippen molar-refractivity contribution in [2.45, 2.75) is 0 Å². The van der Waals surface area contributed by atoms with E-state index in [9.17, 15) is 5.11 Å². The largest absolute Gasteiger partial charge is 0.494 e. The average molecular weight is 350 g/mol. The van der Waals surface area contributed by atoms with Crippen LogP contribution < -0.4 is 0 Å². The van der Waals surface area contributed by atoms with Gasteiger partial charge in [0.1, 0.15) is 0 Å². The number of benzene rings is 2. The Morgan fingerprint density at radius 1 is 1.20 bits per heavy atom. The molecule has 5 heteroatoms. The molecule has 1 heterocycles. The van der Waals surface area contributed by atoms with Crippen molar-refractivity contribution in [3.8, 4) is 5.88 Å².